The maximum Gasteiger partial charge on any atom is 0.308 e. The number of fused-ring (bicyclic) bond motifs is 10. The van der Waals surface area contributed by atoms with E-state index in [9.17, 15) is 30.3 Å². The van der Waals surface area contributed by atoms with Crippen LogP contribution >= 0.6 is 0 Å². The lowest BCUT2D eigenvalue weighted by Crippen LogP contribution is -2.63. The number of carbonyl (C=O) groups is 1. The quantitative estimate of drug-likeness (QED) is 0.200. The maximum atomic E-state index is 14.6. The lowest BCUT2D eigenvalue weighted by molar-refractivity contribution is -0.347. The minimum Gasteiger partial charge on any atom is -0.459 e. The first kappa shape index (κ1) is 55.7. The van der Waals surface area contributed by atoms with Gasteiger partial charge in [0.15, 0.2) is 17.7 Å². The Morgan fingerprint density at radius 2 is 1.27 bits per heavy atom. The number of rotatable bonds is 4. The molecule has 6 unspecified atom stereocenters. The molecule has 16 aliphatic heterocycles. The second kappa shape index (κ2) is 20.4. The zero-order valence-corrected chi connectivity index (χ0v) is 47.2. The van der Waals surface area contributed by atoms with Crippen LogP contribution in [0.3, 0.4) is 0 Å². The van der Waals surface area contributed by atoms with E-state index in [-0.39, 0.29) is 110 Å². The van der Waals surface area contributed by atoms with Gasteiger partial charge >= 0.3 is 5.97 Å². The summed E-state index contributed by atoms with van der Waals surface area (Å²) in [6.45, 7) is 17.2. The van der Waals surface area contributed by atoms with Gasteiger partial charge in [-0.1, -0.05) is 40.9 Å². The van der Waals surface area contributed by atoms with Gasteiger partial charge in [0, 0.05) is 63.7 Å². The number of carbonyl (C=O) groups excluding carboxylic acids is 1. The van der Waals surface area contributed by atoms with Crippen molar-refractivity contribution in [1.29, 1.82) is 0 Å². The van der Waals surface area contributed by atoms with Gasteiger partial charge in [0.2, 0.25) is 11.6 Å². The summed E-state index contributed by atoms with van der Waals surface area (Å²) in [5.74, 6) is -5.84. The Morgan fingerprint density at radius 1 is 0.568 bits per heavy atom. The molecule has 12 bridgehead atoms. The molecule has 0 aromatic carbocycles. The Labute approximate surface area is 473 Å². The van der Waals surface area contributed by atoms with E-state index in [1.807, 2.05) is 0 Å². The third kappa shape index (κ3) is 9.28. The van der Waals surface area contributed by atoms with Crippen molar-refractivity contribution in [2.45, 2.75) is 313 Å². The highest BCUT2D eigenvalue weighted by Gasteiger charge is 2.79. The third-order valence-electron chi connectivity index (χ3n) is 22.2. The highest BCUT2D eigenvalue weighted by molar-refractivity contribution is 5.70. The SMILES string of the molecule is C=C1CC2CC[C@@]34OC5[C@H]6O[C@H](CC[C@@H]6O[C@H]6C(O3)[C@](O)(O[C@@H]56)[C@H]4O)CC(=O)O[C@@H]3[C@@H](C)[C@@H]4O[C@@H]5C[C@]6(C[C@@H]7O[C@]8(C[C@H](C)[C@@H]9O[C@H]([C@@H](O)C[C@@H](O)CO)C[C@@H]9O8)C[C@H](C)[C@@H]7O6)OC5C[C@@H]4O[C@H]3CC3O[C@@H](CCC1O2)C[C@@H](C)C3=C. The molecule has 33 atom stereocenters. The molecule has 16 heterocycles. The normalized spacial score (nSPS) is 57.9. The summed E-state index contributed by atoms with van der Waals surface area (Å²) in [5, 5.41) is 54.2. The second-order valence-corrected chi connectivity index (χ2v) is 27.8. The average Bonchev–Trinajstić information content (AvgIpc) is 2.71. The minimum absolute atomic E-state index is 0.0207. The smallest absolute Gasteiger partial charge is 0.308 e. The molecule has 452 valence electrons. The van der Waals surface area contributed by atoms with E-state index in [1.165, 1.54) is 0 Å². The number of aliphatic hydroxyl groups is 5. The van der Waals surface area contributed by atoms with Crippen LogP contribution in [0.1, 0.15) is 137 Å². The molecule has 16 rings (SSSR count). The monoisotopic (exact) mass is 1140 g/mol. The molecule has 81 heavy (non-hydrogen) atoms. The van der Waals surface area contributed by atoms with Crippen LogP contribution in [0.15, 0.2) is 24.3 Å². The van der Waals surface area contributed by atoms with Crippen LogP contribution in [0, 0.1) is 23.7 Å². The fourth-order valence-corrected chi connectivity index (χ4v) is 18.2. The highest BCUT2D eigenvalue weighted by Crippen LogP contribution is 2.60. The van der Waals surface area contributed by atoms with Gasteiger partial charge in [-0.2, -0.15) is 0 Å². The standard InChI is InChI=1S/C60H86O21/c1-25-13-32-7-9-36-26(2)14-34(67-36)11-12-59-56(65)60(66)55(81-59)54-53(80-60)52(79-59)51-37(71-54)10-8-33(69-51)16-46(64)74-50-30(6)49-42(70-41(50)17-38(68-32)29(25)5)19-40-44(73-49)22-58(75-40)23-45-48(78-58)28(4)21-57(77-45)20-27(3)47-43(76-57)18-39(72-47)35(63)15-31(62)24-61/h25,27-28,30-45,47-56,61-63,65-66H,2,5,7-24H2,1,3-4,6H3/t25-,27+,28+,30+,31-,32+,33-,34?,35+,36?,37+,38?,39+,40?,41+,42+,43+,44-,45+,47+,48+,49+,50-,51+,52?,53+,54-,55?,56+,57-,58+,59-,60+/m1/s1. The van der Waals surface area contributed by atoms with E-state index in [0.717, 1.165) is 24.0 Å². The van der Waals surface area contributed by atoms with E-state index < -0.39 is 121 Å². The molecular weight excluding hydrogens is 1060 g/mol. The van der Waals surface area contributed by atoms with Crippen LogP contribution in [-0.2, 0) is 75.8 Å². The van der Waals surface area contributed by atoms with Crippen LogP contribution in [0.2, 0.25) is 0 Å². The average molecular weight is 1140 g/mol. The van der Waals surface area contributed by atoms with Crippen LogP contribution in [-0.4, -0.2) is 214 Å². The zero-order valence-electron chi connectivity index (χ0n) is 47.2. The Bertz CT molecular complexity index is 2430. The second-order valence-electron chi connectivity index (χ2n) is 27.8. The van der Waals surface area contributed by atoms with Gasteiger partial charge < -0.3 is 96.6 Å². The van der Waals surface area contributed by atoms with Crippen molar-refractivity contribution >= 4 is 5.97 Å². The van der Waals surface area contributed by atoms with Crippen LogP contribution in [0.25, 0.3) is 0 Å². The molecule has 21 nitrogen and oxygen atoms in total. The molecule has 0 aromatic heterocycles. The summed E-state index contributed by atoms with van der Waals surface area (Å²) >= 11 is 0. The van der Waals surface area contributed by atoms with Gasteiger partial charge in [0.25, 0.3) is 0 Å². The Hall–Kier alpha value is -1.81. The number of hydrogen-bond acceptors (Lipinski definition) is 21. The lowest BCUT2D eigenvalue weighted by Gasteiger charge is -2.50. The molecule has 3 spiro atoms. The molecule has 16 fully saturated rings. The predicted octanol–water partition coefficient (Wildman–Crippen LogP) is 3.22. The van der Waals surface area contributed by atoms with E-state index in [0.29, 0.717) is 77.0 Å². The summed E-state index contributed by atoms with van der Waals surface area (Å²) in [6, 6.07) is 0. The fourth-order valence-electron chi connectivity index (χ4n) is 18.2. The van der Waals surface area contributed by atoms with Gasteiger partial charge in [-0.15, -0.1) is 0 Å². The summed E-state index contributed by atoms with van der Waals surface area (Å²) in [7, 11) is 0. The van der Waals surface area contributed by atoms with Crippen molar-refractivity contribution in [3.05, 3.63) is 24.3 Å². The molecule has 0 amide bonds. The van der Waals surface area contributed by atoms with Crippen molar-refractivity contribution < 1.29 is 101 Å². The number of ether oxygens (including phenoxy) is 15. The molecule has 16 saturated heterocycles. The lowest BCUT2D eigenvalue weighted by atomic mass is 9.79. The molecule has 0 radical (unpaired) electrons. The topological polar surface area (TPSA) is 257 Å². The van der Waals surface area contributed by atoms with Crippen LogP contribution < -0.4 is 0 Å². The van der Waals surface area contributed by atoms with Crippen molar-refractivity contribution in [3.8, 4) is 0 Å². The summed E-state index contributed by atoms with van der Waals surface area (Å²) in [4.78, 5) is 14.6. The Kier molecular flexibility index (Phi) is 14.0. The van der Waals surface area contributed by atoms with Crippen LogP contribution in [0.5, 0.6) is 0 Å². The number of aliphatic hydroxyl groups excluding tert-OH is 4. The first-order chi connectivity index (χ1) is 38.8. The van der Waals surface area contributed by atoms with Gasteiger partial charge in [0.05, 0.1) is 123 Å². The predicted molar refractivity (Wildman–Crippen MR) is 276 cm³/mol. The van der Waals surface area contributed by atoms with Crippen molar-refractivity contribution in [2.75, 3.05) is 6.61 Å². The first-order valence-electron chi connectivity index (χ1n) is 31.0. The number of hydrogen-bond donors (Lipinski definition) is 5. The van der Waals surface area contributed by atoms with Gasteiger partial charge in [-0.05, 0) is 73.8 Å². The molecular formula is C60H86O21. The zero-order chi connectivity index (χ0) is 55.8. The van der Waals surface area contributed by atoms with Gasteiger partial charge in [0.1, 0.15) is 36.6 Å². The van der Waals surface area contributed by atoms with E-state index in [1.54, 1.807) is 0 Å². The minimum atomic E-state index is -2.03. The fraction of sp³-hybridized carbons (Fsp3) is 0.917. The van der Waals surface area contributed by atoms with Gasteiger partial charge in [-0.25, -0.2) is 0 Å². The van der Waals surface area contributed by atoms with E-state index >= 15 is 0 Å². The van der Waals surface area contributed by atoms with Crippen molar-refractivity contribution in [3.63, 3.8) is 0 Å². The van der Waals surface area contributed by atoms with E-state index in [4.69, 9.17) is 71.1 Å². The number of esters is 1. The largest absolute Gasteiger partial charge is 0.459 e. The maximum absolute atomic E-state index is 14.6. The Morgan fingerprint density at radius 3 is 2.10 bits per heavy atom. The first-order valence-corrected chi connectivity index (χ1v) is 31.0. The molecule has 0 aromatic rings. The summed E-state index contributed by atoms with van der Waals surface area (Å²) < 4.78 is 102. The summed E-state index contributed by atoms with van der Waals surface area (Å²) in [6.07, 6.45) is -5.06. The molecule has 0 saturated carbocycles. The Balaban J connectivity index is 0.660. The highest BCUT2D eigenvalue weighted by atomic mass is 16.8. The van der Waals surface area contributed by atoms with E-state index in [2.05, 4.69) is 40.9 Å². The molecule has 21 heteroatoms. The molecule has 16 aliphatic rings. The summed E-state index contributed by atoms with van der Waals surface area (Å²) in [5.41, 5.74) is 1.99. The van der Waals surface area contributed by atoms with Crippen LogP contribution in [0.4, 0.5) is 0 Å². The van der Waals surface area contributed by atoms with Crippen molar-refractivity contribution in [1.82, 2.24) is 0 Å². The third-order valence-corrected chi connectivity index (χ3v) is 22.2. The molecule has 0 aliphatic carbocycles. The van der Waals surface area contributed by atoms with Crippen molar-refractivity contribution in [2.24, 2.45) is 23.7 Å². The molecule has 5 N–H and O–H groups in total. The van der Waals surface area contributed by atoms with Gasteiger partial charge in [-0.3, -0.25) is 4.79 Å².